The number of nitrogens with zero attached hydrogens (tertiary/aromatic N) is 4. The molecule has 0 unspecified atom stereocenters. The molecule has 154 valence electrons. The van der Waals surface area contributed by atoms with Crippen molar-refractivity contribution in [2.75, 3.05) is 31.1 Å². The fraction of sp³-hybridized carbons (Fsp3) is 0.455. The van der Waals surface area contributed by atoms with Crippen molar-refractivity contribution in [3.05, 3.63) is 53.0 Å². The Morgan fingerprint density at radius 2 is 1.72 bits per heavy atom. The van der Waals surface area contributed by atoms with Crippen molar-refractivity contribution in [2.45, 2.75) is 40.2 Å². The molecule has 1 aromatic heterocycles. The van der Waals surface area contributed by atoms with Crippen molar-refractivity contribution in [1.29, 1.82) is 0 Å². The minimum absolute atomic E-state index is 0.0393. The molecule has 29 heavy (non-hydrogen) atoms. The summed E-state index contributed by atoms with van der Waals surface area (Å²) in [6.45, 7) is 11.0. The number of carbonyl (C=O) groups excluding carboxylic acids is 2. The van der Waals surface area contributed by atoms with Gasteiger partial charge in [-0.15, -0.1) is 0 Å². The van der Waals surface area contributed by atoms with E-state index in [1.165, 1.54) is 6.92 Å². The molecule has 0 radical (unpaired) electrons. The highest BCUT2D eigenvalue weighted by Gasteiger charge is 2.23. The minimum Gasteiger partial charge on any atom is -0.353 e. The van der Waals surface area contributed by atoms with Gasteiger partial charge in [0.05, 0.1) is 0 Å². The van der Waals surface area contributed by atoms with Crippen molar-refractivity contribution in [2.24, 2.45) is 0 Å². The molecule has 7 nitrogen and oxygen atoms in total. The molecule has 0 atom stereocenters. The molecule has 0 saturated carbocycles. The van der Waals surface area contributed by atoms with Crippen molar-refractivity contribution in [3.63, 3.8) is 0 Å². The molecule has 1 aliphatic rings. The van der Waals surface area contributed by atoms with Gasteiger partial charge < -0.3 is 15.1 Å². The summed E-state index contributed by atoms with van der Waals surface area (Å²) in [6.07, 6.45) is 0. The second-order valence-electron chi connectivity index (χ2n) is 7.77. The Hall–Kier alpha value is -2.96. The number of anilines is 1. The normalized spacial score (nSPS) is 14.2. The summed E-state index contributed by atoms with van der Waals surface area (Å²) in [4.78, 5) is 37.2. The van der Waals surface area contributed by atoms with E-state index < -0.39 is 0 Å². The summed E-state index contributed by atoms with van der Waals surface area (Å²) in [5.41, 5.74) is 2.61. The third kappa shape index (κ3) is 5.31. The maximum atomic E-state index is 12.8. The standard InChI is InChI=1S/C22H29N5O2/c1-15(2)21-24-16(3)13-20(25-21)26-9-11-27(12-10-26)22(29)19-7-5-18(6-8-19)14-23-17(4)28/h5-8,13,15H,9-12,14H2,1-4H3,(H,23,28). The molecule has 7 heteroatoms. The number of hydrogen-bond acceptors (Lipinski definition) is 5. The molecule has 3 rings (SSSR count). The van der Waals surface area contributed by atoms with Gasteiger partial charge in [-0.2, -0.15) is 0 Å². The highest BCUT2D eigenvalue weighted by atomic mass is 16.2. The molecular weight excluding hydrogens is 366 g/mol. The maximum Gasteiger partial charge on any atom is 0.253 e. The van der Waals surface area contributed by atoms with Gasteiger partial charge in [0.15, 0.2) is 0 Å². The van der Waals surface area contributed by atoms with Crippen LogP contribution < -0.4 is 10.2 Å². The van der Waals surface area contributed by atoms with Crippen LogP contribution in [-0.4, -0.2) is 52.9 Å². The van der Waals surface area contributed by atoms with E-state index >= 15 is 0 Å². The summed E-state index contributed by atoms with van der Waals surface area (Å²) >= 11 is 0. The lowest BCUT2D eigenvalue weighted by molar-refractivity contribution is -0.119. The minimum atomic E-state index is -0.0672. The molecule has 2 amide bonds. The van der Waals surface area contributed by atoms with E-state index in [2.05, 4.69) is 29.0 Å². The van der Waals surface area contributed by atoms with Gasteiger partial charge in [-0.05, 0) is 24.6 Å². The van der Waals surface area contributed by atoms with Crippen LogP contribution >= 0.6 is 0 Å². The number of amides is 2. The van der Waals surface area contributed by atoms with Gasteiger partial charge in [0.1, 0.15) is 11.6 Å². The largest absolute Gasteiger partial charge is 0.353 e. The molecule has 2 heterocycles. The number of nitrogens with one attached hydrogen (secondary N) is 1. The Kier molecular flexibility index (Phi) is 6.46. The zero-order chi connectivity index (χ0) is 21.0. The lowest BCUT2D eigenvalue weighted by Crippen LogP contribution is -2.49. The first kappa shape index (κ1) is 20.8. The van der Waals surface area contributed by atoms with Gasteiger partial charge in [-0.25, -0.2) is 9.97 Å². The number of aryl methyl sites for hydroxylation is 1. The second kappa shape index (κ2) is 9.03. The average molecular weight is 396 g/mol. The van der Waals surface area contributed by atoms with Gasteiger partial charge in [-0.3, -0.25) is 9.59 Å². The Morgan fingerprint density at radius 3 is 2.31 bits per heavy atom. The van der Waals surface area contributed by atoms with E-state index in [-0.39, 0.29) is 17.7 Å². The Morgan fingerprint density at radius 1 is 1.07 bits per heavy atom. The van der Waals surface area contributed by atoms with Crippen molar-refractivity contribution < 1.29 is 9.59 Å². The van der Waals surface area contributed by atoms with Gasteiger partial charge in [-0.1, -0.05) is 26.0 Å². The summed E-state index contributed by atoms with van der Waals surface area (Å²) in [6, 6.07) is 9.44. The van der Waals surface area contributed by atoms with E-state index in [0.717, 1.165) is 36.0 Å². The lowest BCUT2D eigenvalue weighted by atomic mass is 10.1. The summed E-state index contributed by atoms with van der Waals surface area (Å²) in [7, 11) is 0. The van der Waals surface area contributed by atoms with Crippen LogP contribution in [0.15, 0.2) is 30.3 Å². The smallest absolute Gasteiger partial charge is 0.253 e. The first-order valence-corrected chi connectivity index (χ1v) is 10.1. The number of aromatic nitrogens is 2. The first-order chi connectivity index (χ1) is 13.8. The van der Waals surface area contributed by atoms with Crippen LogP contribution in [0, 0.1) is 6.92 Å². The van der Waals surface area contributed by atoms with Crippen LogP contribution in [0.4, 0.5) is 5.82 Å². The topological polar surface area (TPSA) is 78.4 Å². The predicted octanol–water partition coefficient (Wildman–Crippen LogP) is 2.51. The third-order valence-electron chi connectivity index (χ3n) is 5.01. The van der Waals surface area contributed by atoms with Crippen LogP contribution in [0.3, 0.4) is 0 Å². The van der Waals surface area contributed by atoms with Crippen LogP contribution in [-0.2, 0) is 11.3 Å². The maximum absolute atomic E-state index is 12.8. The molecular formula is C22H29N5O2. The van der Waals surface area contributed by atoms with Crippen molar-refractivity contribution in [1.82, 2.24) is 20.2 Å². The number of rotatable bonds is 5. The zero-order valence-electron chi connectivity index (χ0n) is 17.6. The molecule has 0 spiro atoms. The molecule has 1 saturated heterocycles. The van der Waals surface area contributed by atoms with Crippen LogP contribution in [0.2, 0.25) is 0 Å². The number of benzene rings is 1. The Balaban J connectivity index is 1.60. The van der Waals surface area contributed by atoms with Gasteiger partial charge in [0, 0.05) is 62.9 Å². The Bertz CT molecular complexity index is 871. The molecule has 2 aromatic rings. The fourth-order valence-corrected chi connectivity index (χ4v) is 3.31. The molecule has 1 N–H and O–H groups in total. The fourth-order valence-electron chi connectivity index (χ4n) is 3.31. The molecule has 1 aliphatic heterocycles. The quantitative estimate of drug-likeness (QED) is 0.842. The van der Waals surface area contributed by atoms with E-state index in [1.807, 2.05) is 42.2 Å². The second-order valence-corrected chi connectivity index (χ2v) is 7.77. The SMILES string of the molecule is CC(=O)NCc1ccc(C(=O)N2CCN(c3cc(C)nc(C(C)C)n3)CC2)cc1. The number of carbonyl (C=O) groups is 2. The Labute approximate surface area is 172 Å². The molecule has 1 aromatic carbocycles. The average Bonchev–Trinajstić information content (AvgIpc) is 2.71. The van der Waals surface area contributed by atoms with E-state index in [9.17, 15) is 9.59 Å². The van der Waals surface area contributed by atoms with Crippen LogP contribution in [0.1, 0.15) is 54.1 Å². The third-order valence-corrected chi connectivity index (χ3v) is 5.01. The van der Waals surface area contributed by atoms with E-state index in [1.54, 1.807) is 0 Å². The molecule has 0 bridgehead atoms. The van der Waals surface area contributed by atoms with Crippen LogP contribution in [0.25, 0.3) is 0 Å². The highest BCUT2D eigenvalue weighted by molar-refractivity contribution is 5.94. The predicted molar refractivity (Wildman–Crippen MR) is 113 cm³/mol. The van der Waals surface area contributed by atoms with E-state index in [0.29, 0.717) is 25.2 Å². The van der Waals surface area contributed by atoms with Crippen molar-refractivity contribution in [3.8, 4) is 0 Å². The van der Waals surface area contributed by atoms with Gasteiger partial charge in [0.25, 0.3) is 5.91 Å². The summed E-state index contributed by atoms with van der Waals surface area (Å²) in [5.74, 6) is 2.05. The zero-order valence-corrected chi connectivity index (χ0v) is 17.6. The van der Waals surface area contributed by atoms with E-state index in [4.69, 9.17) is 4.98 Å². The molecule has 0 aliphatic carbocycles. The first-order valence-electron chi connectivity index (χ1n) is 10.1. The van der Waals surface area contributed by atoms with Gasteiger partial charge >= 0.3 is 0 Å². The number of hydrogen-bond donors (Lipinski definition) is 1. The summed E-state index contributed by atoms with van der Waals surface area (Å²) < 4.78 is 0. The number of piperazine rings is 1. The van der Waals surface area contributed by atoms with Crippen LogP contribution in [0.5, 0.6) is 0 Å². The highest BCUT2D eigenvalue weighted by Crippen LogP contribution is 2.19. The summed E-state index contributed by atoms with van der Waals surface area (Å²) in [5, 5.41) is 2.76. The van der Waals surface area contributed by atoms with Crippen molar-refractivity contribution >= 4 is 17.6 Å². The monoisotopic (exact) mass is 395 g/mol. The van der Waals surface area contributed by atoms with Gasteiger partial charge in [0.2, 0.25) is 5.91 Å². The lowest BCUT2D eigenvalue weighted by Gasteiger charge is -2.35. The molecule has 1 fully saturated rings.